The highest BCUT2D eigenvalue weighted by atomic mass is 14.9. The van der Waals surface area contributed by atoms with E-state index in [1.54, 1.807) is 0 Å². The molecule has 36 heavy (non-hydrogen) atoms. The number of hydrogen-bond donors (Lipinski definition) is 0. The summed E-state index contributed by atoms with van der Waals surface area (Å²) in [5.41, 5.74) is 13.2. The monoisotopic (exact) mass is 467 g/mol. The summed E-state index contributed by atoms with van der Waals surface area (Å²) in [6.07, 6.45) is 5.00. The molecule has 1 fully saturated rings. The van der Waals surface area contributed by atoms with Gasteiger partial charge < -0.3 is 0 Å². The summed E-state index contributed by atoms with van der Waals surface area (Å²) in [6, 6.07) is 33.7. The average Bonchev–Trinajstić information content (AvgIpc) is 3.65. The van der Waals surface area contributed by atoms with Crippen LogP contribution in [0, 0.1) is 27.7 Å². The van der Waals surface area contributed by atoms with E-state index < -0.39 is 5.54 Å². The van der Waals surface area contributed by atoms with Crippen LogP contribution in [0.3, 0.4) is 0 Å². The van der Waals surface area contributed by atoms with E-state index in [0.717, 1.165) is 5.71 Å². The van der Waals surface area contributed by atoms with Crippen LogP contribution in [0.4, 0.5) is 0 Å². The molecule has 0 amide bonds. The van der Waals surface area contributed by atoms with Gasteiger partial charge in [0.15, 0.2) is 0 Å². The summed E-state index contributed by atoms with van der Waals surface area (Å²) < 4.78 is 0. The molecule has 4 aromatic rings. The predicted molar refractivity (Wildman–Crippen MR) is 152 cm³/mol. The number of rotatable bonds is 5. The summed E-state index contributed by atoms with van der Waals surface area (Å²) >= 11 is 0. The first-order chi connectivity index (χ1) is 17.4. The molecule has 0 unspecified atom stereocenters. The van der Waals surface area contributed by atoms with Crippen molar-refractivity contribution in [1.29, 1.82) is 0 Å². The highest BCUT2D eigenvalue weighted by molar-refractivity contribution is 6.33. The third-order valence-corrected chi connectivity index (χ3v) is 7.81. The van der Waals surface area contributed by atoms with Gasteiger partial charge in [-0.25, -0.2) is 0 Å². The molecule has 1 saturated carbocycles. The molecule has 6 rings (SSSR count). The SMILES string of the molecule is Cc1ccc(C2=CC(c3ccc(C)cc3)(c3ccc(C)cc3)N=C2c2ccc(C)c(C3CC3)c2)cc1. The van der Waals surface area contributed by atoms with Crippen molar-refractivity contribution in [3.63, 3.8) is 0 Å². The minimum Gasteiger partial charge on any atom is -0.264 e. The molecule has 0 radical (unpaired) electrons. The molecule has 1 aliphatic carbocycles. The summed E-state index contributed by atoms with van der Waals surface area (Å²) in [5, 5.41) is 0. The van der Waals surface area contributed by atoms with Crippen molar-refractivity contribution in [3.05, 3.63) is 147 Å². The number of allylic oxidation sites excluding steroid dienone is 1. The fourth-order valence-electron chi connectivity index (χ4n) is 5.42. The largest absolute Gasteiger partial charge is 0.264 e. The smallest absolute Gasteiger partial charge is 0.130 e. The van der Waals surface area contributed by atoms with Crippen LogP contribution in [-0.2, 0) is 5.54 Å². The zero-order chi connectivity index (χ0) is 24.9. The van der Waals surface area contributed by atoms with Crippen LogP contribution in [0.2, 0.25) is 0 Å². The molecule has 0 aromatic heterocycles. The fourth-order valence-corrected chi connectivity index (χ4v) is 5.42. The molecule has 1 aliphatic heterocycles. The standard InChI is InChI=1S/C35H33N/c1-23-5-12-28(13-6-23)33-22-35(30-17-7-24(2)8-18-30,31-19-9-25(3)10-20-31)36-34(33)29-14-11-26(4)32(21-29)27-15-16-27/h5-14,17-22,27H,15-16H2,1-4H3. The Morgan fingerprint density at radius 1 is 0.611 bits per heavy atom. The van der Waals surface area contributed by atoms with Gasteiger partial charge in [-0.2, -0.15) is 0 Å². The lowest BCUT2D eigenvalue weighted by Crippen LogP contribution is -2.21. The number of aryl methyl sites for hydroxylation is 4. The van der Waals surface area contributed by atoms with Gasteiger partial charge in [0.2, 0.25) is 0 Å². The summed E-state index contributed by atoms with van der Waals surface area (Å²) in [4.78, 5) is 5.64. The molecule has 178 valence electrons. The van der Waals surface area contributed by atoms with Crippen molar-refractivity contribution in [2.75, 3.05) is 0 Å². The van der Waals surface area contributed by atoms with Gasteiger partial charge in [-0.1, -0.05) is 102 Å². The van der Waals surface area contributed by atoms with Crippen LogP contribution < -0.4 is 0 Å². The molecule has 0 bridgehead atoms. The third-order valence-electron chi connectivity index (χ3n) is 7.81. The molecule has 1 nitrogen and oxygen atoms in total. The third kappa shape index (κ3) is 4.03. The average molecular weight is 468 g/mol. The number of hydrogen-bond acceptors (Lipinski definition) is 1. The summed E-state index contributed by atoms with van der Waals surface area (Å²) in [5.74, 6) is 0.706. The van der Waals surface area contributed by atoms with Crippen LogP contribution in [0.1, 0.15) is 68.8 Å². The molecule has 1 heteroatoms. The first-order valence-electron chi connectivity index (χ1n) is 13.1. The Hall–Kier alpha value is -3.71. The topological polar surface area (TPSA) is 12.4 Å². The van der Waals surface area contributed by atoms with Crippen LogP contribution in [0.5, 0.6) is 0 Å². The molecular weight excluding hydrogens is 434 g/mol. The van der Waals surface area contributed by atoms with Gasteiger partial charge in [-0.3, -0.25) is 4.99 Å². The lowest BCUT2D eigenvalue weighted by molar-refractivity contribution is 0.698. The molecular formula is C35H33N. The van der Waals surface area contributed by atoms with E-state index in [4.69, 9.17) is 4.99 Å². The van der Waals surface area contributed by atoms with Gasteiger partial charge in [0.05, 0.1) is 5.71 Å². The molecule has 2 aliphatic rings. The second-order valence-corrected chi connectivity index (χ2v) is 10.7. The maximum Gasteiger partial charge on any atom is 0.130 e. The number of benzene rings is 4. The van der Waals surface area contributed by atoms with E-state index in [1.165, 1.54) is 68.5 Å². The second kappa shape index (κ2) is 8.75. The Morgan fingerprint density at radius 2 is 1.11 bits per heavy atom. The molecule has 4 aromatic carbocycles. The number of aliphatic imine (C=N–C) groups is 1. The van der Waals surface area contributed by atoms with E-state index in [-0.39, 0.29) is 0 Å². The van der Waals surface area contributed by atoms with Gasteiger partial charge >= 0.3 is 0 Å². The summed E-state index contributed by atoms with van der Waals surface area (Å²) in [6.45, 7) is 8.68. The van der Waals surface area contributed by atoms with Gasteiger partial charge in [0.25, 0.3) is 0 Å². The highest BCUT2D eigenvalue weighted by Gasteiger charge is 2.39. The molecule has 0 atom stereocenters. The molecule has 0 N–H and O–H groups in total. The van der Waals surface area contributed by atoms with Gasteiger partial charge in [0, 0.05) is 11.1 Å². The minimum atomic E-state index is -0.568. The summed E-state index contributed by atoms with van der Waals surface area (Å²) in [7, 11) is 0. The Kier molecular flexibility index (Phi) is 5.52. The molecule has 1 heterocycles. The van der Waals surface area contributed by atoms with E-state index in [2.05, 4.69) is 125 Å². The van der Waals surface area contributed by atoms with Crippen molar-refractivity contribution in [1.82, 2.24) is 0 Å². The maximum absolute atomic E-state index is 5.64. The minimum absolute atomic E-state index is 0.568. The Morgan fingerprint density at radius 3 is 1.64 bits per heavy atom. The first kappa shape index (κ1) is 22.7. The zero-order valence-electron chi connectivity index (χ0n) is 21.7. The van der Waals surface area contributed by atoms with Crippen molar-refractivity contribution in [3.8, 4) is 0 Å². The Labute approximate surface area is 215 Å². The van der Waals surface area contributed by atoms with Gasteiger partial charge in [-0.05, 0) is 86.4 Å². The van der Waals surface area contributed by atoms with Crippen LogP contribution in [0.15, 0.2) is 102 Å². The van der Waals surface area contributed by atoms with Gasteiger partial charge in [-0.15, -0.1) is 0 Å². The maximum atomic E-state index is 5.64. The molecule has 0 spiro atoms. The lowest BCUT2D eigenvalue weighted by Gasteiger charge is -2.26. The lowest BCUT2D eigenvalue weighted by atomic mass is 9.82. The van der Waals surface area contributed by atoms with E-state index in [0.29, 0.717) is 5.92 Å². The zero-order valence-corrected chi connectivity index (χ0v) is 21.7. The first-order valence-corrected chi connectivity index (χ1v) is 13.1. The number of nitrogens with zero attached hydrogens (tertiary/aromatic N) is 1. The van der Waals surface area contributed by atoms with Crippen LogP contribution in [-0.4, -0.2) is 5.71 Å². The fraction of sp³-hybridized carbons (Fsp3) is 0.229. The normalized spacial score (nSPS) is 16.6. The Bertz CT molecular complexity index is 1430. The quantitative estimate of drug-likeness (QED) is 0.278. The van der Waals surface area contributed by atoms with Crippen molar-refractivity contribution in [2.24, 2.45) is 4.99 Å². The predicted octanol–water partition coefficient (Wildman–Crippen LogP) is 8.63. The Balaban J connectivity index is 1.62. The van der Waals surface area contributed by atoms with Gasteiger partial charge in [0.1, 0.15) is 5.54 Å². The van der Waals surface area contributed by atoms with Crippen molar-refractivity contribution < 1.29 is 0 Å². The van der Waals surface area contributed by atoms with Crippen LogP contribution in [0.25, 0.3) is 5.57 Å². The van der Waals surface area contributed by atoms with E-state index in [1.807, 2.05) is 0 Å². The highest BCUT2D eigenvalue weighted by Crippen LogP contribution is 2.46. The second-order valence-electron chi connectivity index (χ2n) is 10.7. The van der Waals surface area contributed by atoms with Crippen molar-refractivity contribution >= 4 is 11.3 Å². The molecule has 0 saturated heterocycles. The van der Waals surface area contributed by atoms with Crippen molar-refractivity contribution in [2.45, 2.75) is 52.0 Å². The van der Waals surface area contributed by atoms with E-state index >= 15 is 0 Å². The van der Waals surface area contributed by atoms with Crippen LogP contribution >= 0.6 is 0 Å². The van der Waals surface area contributed by atoms with E-state index in [9.17, 15) is 0 Å².